The molecule has 28 heavy (non-hydrogen) atoms. The molecule has 7 heteroatoms. The first-order valence-corrected chi connectivity index (χ1v) is 10.5. The van der Waals surface area contributed by atoms with E-state index in [0.717, 1.165) is 29.2 Å². The molecule has 0 radical (unpaired) electrons. The number of nitrogens with zero attached hydrogens (tertiary/aromatic N) is 2. The lowest BCUT2D eigenvalue weighted by Crippen LogP contribution is -2.40. The highest BCUT2D eigenvalue weighted by atomic mass is 32.1. The van der Waals surface area contributed by atoms with E-state index in [9.17, 15) is 9.59 Å². The highest BCUT2D eigenvalue weighted by Crippen LogP contribution is 2.30. The number of amides is 1. The molecule has 0 atom stereocenters. The summed E-state index contributed by atoms with van der Waals surface area (Å²) >= 11 is 1.49. The molecule has 6 nitrogen and oxygen atoms in total. The summed E-state index contributed by atoms with van der Waals surface area (Å²) in [5.41, 5.74) is 2.73. The number of carbonyl (C=O) groups is 2. The normalized spacial score (nSPS) is 14.8. The van der Waals surface area contributed by atoms with Crippen LogP contribution in [0.4, 0.5) is 0 Å². The summed E-state index contributed by atoms with van der Waals surface area (Å²) in [5.74, 6) is 0.627. The van der Waals surface area contributed by atoms with Crippen molar-refractivity contribution in [2.75, 3.05) is 26.3 Å². The predicted octanol–water partition coefficient (Wildman–Crippen LogP) is 3.72. The SMILES string of the molecule is CCOC(=O)c1csc(C2CCN(C(=O)COc3ccc(C)c(C)c3)CC2)n1. The molecule has 1 aliphatic rings. The van der Waals surface area contributed by atoms with Crippen molar-refractivity contribution in [1.82, 2.24) is 9.88 Å². The summed E-state index contributed by atoms with van der Waals surface area (Å²) in [6.07, 6.45) is 1.68. The van der Waals surface area contributed by atoms with Crippen LogP contribution in [0.3, 0.4) is 0 Å². The van der Waals surface area contributed by atoms with Crippen LogP contribution in [0.15, 0.2) is 23.6 Å². The van der Waals surface area contributed by atoms with E-state index in [4.69, 9.17) is 9.47 Å². The summed E-state index contributed by atoms with van der Waals surface area (Å²) < 4.78 is 10.7. The van der Waals surface area contributed by atoms with Gasteiger partial charge in [-0.15, -0.1) is 11.3 Å². The van der Waals surface area contributed by atoms with Crippen LogP contribution >= 0.6 is 11.3 Å². The molecule has 1 aromatic heterocycles. The topological polar surface area (TPSA) is 68.7 Å². The Labute approximate surface area is 169 Å². The Bertz CT molecular complexity index is 841. The monoisotopic (exact) mass is 402 g/mol. The van der Waals surface area contributed by atoms with Gasteiger partial charge in [-0.3, -0.25) is 4.79 Å². The van der Waals surface area contributed by atoms with Gasteiger partial charge in [-0.2, -0.15) is 0 Å². The summed E-state index contributed by atoms with van der Waals surface area (Å²) in [6, 6.07) is 5.85. The largest absolute Gasteiger partial charge is 0.484 e. The van der Waals surface area contributed by atoms with Gasteiger partial charge >= 0.3 is 5.97 Å². The number of likely N-dealkylation sites (tertiary alicyclic amines) is 1. The number of benzene rings is 1. The Hall–Kier alpha value is -2.41. The van der Waals surface area contributed by atoms with Crippen LogP contribution in [0, 0.1) is 13.8 Å². The van der Waals surface area contributed by atoms with Crippen molar-refractivity contribution >= 4 is 23.2 Å². The average Bonchev–Trinajstić information content (AvgIpc) is 3.19. The fourth-order valence-corrected chi connectivity index (χ4v) is 4.15. The lowest BCUT2D eigenvalue weighted by Gasteiger charge is -2.31. The van der Waals surface area contributed by atoms with Crippen molar-refractivity contribution in [3.8, 4) is 5.75 Å². The molecule has 1 aromatic carbocycles. The quantitative estimate of drug-likeness (QED) is 0.689. The second-order valence-electron chi connectivity index (χ2n) is 6.98. The van der Waals surface area contributed by atoms with Gasteiger partial charge in [0.15, 0.2) is 12.3 Å². The molecule has 1 fully saturated rings. The zero-order valence-corrected chi connectivity index (χ0v) is 17.4. The Balaban J connectivity index is 1.48. The molecular weight excluding hydrogens is 376 g/mol. The molecule has 0 unspecified atom stereocenters. The standard InChI is InChI=1S/C21H26N2O4S/c1-4-26-21(25)18-13-28-20(22-18)16-7-9-23(10-8-16)19(24)12-27-17-6-5-14(2)15(3)11-17/h5-6,11,13,16H,4,7-10,12H2,1-3H3. The van der Waals surface area contributed by atoms with E-state index < -0.39 is 0 Å². The van der Waals surface area contributed by atoms with Crippen LogP contribution in [-0.4, -0.2) is 48.1 Å². The van der Waals surface area contributed by atoms with E-state index in [-0.39, 0.29) is 24.4 Å². The van der Waals surface area contributed by atoms with E-state index in [2.05, 4.69) is 4.98 Å². The number of rotatable bonds is 6. The zero-order valence-electron chi connectivity index (χ0n) is 16.6. The highest BCUT2D eigenvalue weighted by Gasteiger charge is 2.26. The molecular formula is C21H26N2O4S. The Morgan fingerprint density at radius 2 is 1.96 bits per heavy atom. The first-order chi connectivity index (χ1) is 13.5. The Morgan fingerprint density at radius 3 is 2.64 bits per heavy atom. The van der Waals surface area contributed by atoms with Gasteiger partial charge in [0, 0.05) is 24.4 Å². The van der Waals surface area contributed by atoms with E-state index in [1.807, 2.05) is 36.9 Å². The number of esters is 1. The fourth-order valence-electron chi connectivity index (χ4n) is 3.19. The van der Waals surface area contributed by atoms with E-state index in [1.54, 1.807) is 12.3 Å². The number of aromatic nitrogens is 1. The minimum atomic E-state index is -0.374. The molecule has 1 aliphatic heterocycles. The van der Waals surface area contributed by atoms with Gasteiger partial charge in [-0.1, -0.05) is 6.07 Å². The maximum atomic E-state index is 12.5. The molecule has 0 N–H and O–H groups in total. The van der Waals surface area contributed by atoms with E-state index in [0.29, 0.717) is 25.4 Å². The van der Waals surface area contributed by atoms with Crippen LogP contribution in [0.2, 0.25) is 0 Å². The van der Waals surface area contributed by atoms with Crippen molar-refractivity contribution in [1.29, 1.82) is 0 Å². The molecule has 0 aliphatic carbocycles. The molecule has 2 heterocycles. The Kier molecular flexibility index (Phi) is 6.67. The molecule has 0 saturated carbocycles. The molecule has 1 amide bonds. The first kappa shape index (κ1) is 20.3. The first-order valence-electron chi connectivity index (χ1n) is 9.58. The van der Waals surface area contributed by atoms with Crippen molar-refractivity contribution in [2.24, 2.45) is 0 Å². The minimum absolute atomic E-state index is 0.00281. The third-order valence-electron chi connectivity index (χ3n) is 5.04. The zero-order chi connectivity index (χ0) is 20.1. The van der Waals surface area contributed by atoms with Gasteiger partial charge in [0.1, 0.15) is 5.75 Å². The van der Waals surface area contributed by atoms with Gasteiger partial charge in [-0.25, -0.2) is 9.78 Å². The summed E-state index contributed by atoms with van der Waals surface area (Å²) in [7, 11) is 0. The van der Waals surface area contributed by atoms with Crippen molar-refractivity contribution in [3.63, 3.8) is 0 Å². The van der Waals surface area contributed by atoms with Crippen molar-refractivity contribution in [3.05, 3.63) is 45.4 Å². The summed E-state index contributed by atoms with van der Waals surface area (Å²) in [4.78, 5) is 30.5. The maximum absolute atomic E-state index is 12.5. The lowest BCUT2D eigenvalue weighted by molar-refractivity contribution is -0.134. The smallest absolute Gasteiger partial charge is 0.357 e. The van der Waals surface area contributed by atoms with Crippen LogP contribution in [0.5, 0.6) is 5.75 Å². The number of hydrogen-bond donors (Lipinski definition) is 0. The van der Waals surface area contributed by atoms with Gasteiger partial charge in [0.05, 0.1) is 11.6 Å². The lowest BCUT2D eigenvalue weighted by atomic mass is 9.97. The van der Waals surface area contributed by atoms with Crippen molar-refractivity contribution < 1.29 is 19.1 Å². The molecule has 150 valence electrons. The number of hydrogen-bond acceptors (Lipinski definition) is 6. The second kappa shape index (κ2) is 9.19. The van der Waals surface area contributed by atoms with Gasteiger partial charge in [0.25, 0.3) is 5.91 Å². The Morgan fingerprint density at radius 1 is 1.21 bits per heavy atom. The number of carbonyl (C=O) groups excluding carboxylic acids is 2. The fraction of sp³-hybridized carbons (Fsp3) is 0.476. The van der Waals surface area contributed by atoms with Gasteiger partial charge < -0.3 is 14.4 Å². The number of piperidine rings is 1. The van der Waals surface area contributed by atoms with Crippen LogP contribution < -0.4 is 4.74 Å². The third kappa shape index (κ3) is 4.90. The van der Waals surface area contributed by atoms with Gasteiger partial charge in [-0.05, 0) is 56.9 Å². The molecule has 3 rings (SSSR count). The van der Waals surface area contributed by atoms with Crippen LogP contribution in [-0.2, 0) is 9.53 Å². The van der Waals surface area contributed by atoms with E-state index in [1.165, 1.54) is 16.9 Å². The highest BCUT2D eigenvalue weighted by molar-refractivity contribution is 7.09. The average molecular weight is 403 g/mol. The van der Waals surface area contributed by atoms with Crippen LogP contribution in [0.1, 0.15) is 52.3 Å². The van der Waals surface area contributed by atoms with E-state index >= 15 is 0 Å². The predicted molar refractivity (Wildman–Crippen MR) is 108 cm³/mol. The maximum Gasteiger partial charge on any atom is 0.357 e. The summed E-state index contributed by atoms with van der Waals surface area (Å²) in [6.45, 7) is 7.60. The number of ether oxygens (including phenoxy) is 2. The molecule has 1 saturated heterocycles. The number of aryl methyl sites for hydroxylation is 2. The third-order valence-corrected chi connectivity index (χ3v) is 6.05. The summed E-state index contributed by atoms with van der Waals surface area (Å²) in [5, 5.41) is 2.70. The van der Waals surface area contributed by atoms with Crippen molar-refractivity contribution in [2.45, 2.75) is 39.5 Å². The molecule has 2 aromatic rings. The number of thiazole rings is 1. The molecule has 0 bridgehead atoms. The minimum Gasteiger partial charge on any atom is -0.484 e. The second-order valence-corrected chi connectivity index (χ2v) is 7.87. The molecule has 0 spiro atoms. The van der Waals surface area contributed by atoms with Gasteiger partial charge in [0.2, 0.25) is 0 Å². The van der Waals surface area contributed by atoms with Crippen LogP contribution in [0.25, 0.3) is 0 Å².